The second kappa shape index (κ2) is 5.97. The molecule has 0 aliphatic heterocycles. The summed E-state index contributed by atoms with van der Waals surface area (Å²) in [4.78, 5) is 4.68. The summed E-state index contributed by atoms with van der Waals surface area (Å²) in [5, 5.41) is 3.54. The van der Waals surface area contributed by atoms with Crippen LogP contribution in [0.5, 0.6) is 0 Å². The van der Waals surface area contributed by atoms with Crippen molar-refractivity contribution in [1.29, 1.82) is 0 Å². The van der Waals surface area contributed by atoms with Gasteiger partial charge in [0.25, 0.3) is 0 Å². The van der Waals surface area contributed by atoms with E-state index in [1.165, 1.54) is 5.56 Å². The molecule has 112 valence electrons. The van der Waals surface area contributed by atoms with Crippen molar-refractivity contribution in [2.45, 2.75) is 19.9 Å². The maximum absolute atomic E-state index is 4.68. The number of fused-ring (bicyclic) bond motifs is 1. The van der Waals surface area contributed by atoms with E-state index < -0.39 is 0 Å². The Balaban J connectivity index is 2.06. The van der Waals surface area contributed by atoms with Gasteiger partial charge in [0.15, 0.2) is 5.65 Å². The monoisotopic (exact) mass is 355 g/mol. The van der Waals surface area contributed by atoms with Crippen LogP contribution in [0.15, 0.2) is 59.7 Å². The van der Waals surface area contributed by atoms with Crippen LogP contribution in [-0.2, 0) is 0 Å². The lowest BCUT2D eigenvalue weighted by atomic mass is 10.1. The quantitative estimate of drug-likeness (QED) is 0.663. The first-order chi connectivity index (χ1) is 10.6. The summed E-state index contributed by atoms with van der Waals surface area (Å²) in [7, 11) is 0. The van der Waals surface area contributed by atoms with Crippen LogP contribution in [0, 0.1) is 13.8 Å². The summed E-state index contributed by atoms with van der Waals surface area (Å²) in [6, 6.07) is 12.4. The average molecular weight is 356 g/mol. The zero-order chi connectivity index (χ0) is 15.7. The largest absolute Gasteiger partial charge is 0.372 e. The van der Waals surface area contributed by atoms with Crippen molar-refractivity contribution in [2.24, 2.45) is 0 Å². The van der Waals surface area contributed by atoms with E-state index in [2.05, 4.69) is 62.3 Å². The van der Waals surface area contributed by atoms with Crippen LogP contribution in [0.1, 0.15) is 23.0 Å². The number of halogens is 1. The molecule has 0 saturated heterocycles. The second-order valence-corrected chi connectivity index (χ2v) is 6.23. The number of benzene rings is 1. The Morgan fingerprint density at radius 2 is 2.00 bits per heavy atom. The van der Waals surface area contributed by atoms with Gasteiger partial charge in [-0.1, -0.05) is 36.4 Å². The number of hydrogen-bond acceptors (Lipinski definition) is 2. The maximum Gasteiger partial charge on any atom is 0.160 e. The van der Waals surface area contributed by atoms with E-state index in [4.69, 9.17) is 0 Å². The first-order valence-corrected chi connectivity index (χ1v) is 7.98. The fourth-order valence-corrected chi connectivity index (χ4v) is 2.98. The minimum absolute atomic E-state index is 0.0385. The maximum atomic E-state index is 4.68. The van der Waals surface area contributed by atoms with Crippen LogP contribution in [-0.4, -0.2) is 9.38 Å². The molecule has 1 unspecified atom stereocenters. The third-order valence-corrected chi connectivity index (χ3v) is 4.30. The highest BCUT2D eigenvalue weighted by atomic mass is 79.9. The predicted molar refractivity (Wildman–Crippen MR) is 95.4 cm³/mol. The number of rotatable bonds is 4. The second-order valence-electron chi connectivity index (χ2n) is 5.32. The highest BCUT2D eigenvalue weighted by Gasteiger charge is 2.13. The molecule has 3 rings (SSSR count). The van der Waals surface area contributed by atoms with E-state index >= 15 is 0 Å². The SMILES string of the molecule is C=CC(Nc1cc(Br)cn2c(C)c(C)nc12)c1ccccc1. The molecule has 0 saturated carbocycles. The molecule has 2 heterocycles. The highest BCUT2D eigenvalue weighted by molar-refractivity contribution is 9.10. The van der Waals surface area contributed by atoms with Gasteiger partial charge in [0.1, 0.15) is 0 Å². The van der Waals surface area contributed by atoms with E-state index in [0.717, 1.165) is 27.2 Å². The molecule has 1 N–H and O–H groups in total. The Kier molecular flexibility index (Phi) is 4.03. The number of aromatic nitrogens is 2. The number of nitrogens with zero attached hydrogens (tertiary/aromatic N) is 2. The third kappa shape index (κ3) is 2.66. The molecule has 0 amide bonds. The zero-order valence-electron chi connectivity index (χ0n) is 12.7. The molecular weight excluding hydrogens is 338 g/mol. The lowest BCUT2D eigenvalue weighted by Gasteiger charge is -2.17. The van der Waals surface area contributed by atoms with Crippen LogP contribution in [0.4, 0.5) is 5.69 Å². The van der Waals surface area contributed by atoms with E-state index in [1.807, 2.05) is 37.4 Å². The first-order valence-electron chi connectivity index (χ1n) is 7.19. The van der Waals surface area contributed by atoms with Gasteiger partial charge in [-0.3, -0.25) is 0 Å². The van der Waals surface area contributed by atoms with Gasteiger partial charge in [0, 0.05) is 16.4 Å². The molecule has 0 aliphatic carbocycles. The van der Waals surface area contributed by atoms with Crippen LogP contribution < -0.4 is 5.32 Å². The Morgan fingerprint density at radius 3 is 2.68 bits per heavy atom. The fourth-order valence-electron chi connectivity index (χ4n) is 2.55. The minimum Gasteiger partial charge on any atom is -0.372 e. The molecule has 0 radical (unpaired) electrons. The molecule has 1 atom stereocenters. The molecule has 3 aromatic rings. The number of aryl methyl sites for hydroxylation is 2. The highest BCUT2D eigenvalue weighted by Crippen LogP contribution is 2.28. The summed E-state index contributed by atoms with van der Waals surface area (Å²) in [5.41, 5.74) is 5.28. The molecule has 2 aromatic heterocycles. The van der Waals surface area contributed by atoms with Crippen molar-refractivity contribution in [3.05, 3.63) is 76.7 Å². The van der Waals surface area contributed by atoms with Gasteiger partial charge in [0.05, 0.1) is 17.4 Å². The molecule has 4 heteroatoms. The van der Waals surface area contributed by atoms with E-state index in [1.54, 1.807) is 0 Å². The molecule has 22 heavy (non-hydrogen) atoms. The summed E-state index contributed by atoms with van der Waals surface area (Å²) >= 11 is 3.58. The number of pyridine rings is 1. The lowest BCUT2D eigenvalue weighted by Crippen LogP contribution is -2.09. The smallest absolute Gasteiger partial charge is 0.160 e. The van der Waals surface area contributed by atoms with Gasteiger partial charge in [-0.05, 0) is 41.4 Å². The van der Waals surface area contributed by atoms with E-state index in [-0.39, 0.29) is 6.04 Å². The first kappa shape index (κ1) is 14.9. The van der Waals surface area contributed by atoms with Gasteiger partial charge in [-0.25, -0.2) is 4.98 Å². The third-order valence-electron chi connectivity index (χ3n) is 3.87. The molecule has 0 aliphatic rings. The molecule has 0 bridgehead atoms. The van der Waals surface area contributed by atoms with Crippen LogP contribution >= 0.6 is 15.9 Å². The Hall–Kier alpha value is -2.07. The van der Waals surface area contributed by atoms with E-state index in [0.29, 0.717) is 0 Å². The summed E-state index contributed by atoms with van der Waals surface area (Å²) in [5.74, 6) is 0. The molecule has 3 nitrogen and oxygen atoms in total. The van der Waals surface area contributed by atoms with Crippen LogP contribution in [0.25, 0.3) is 5.65 Å². The molecular formula is C18H18BrN3. The van der Waals surface area contributed by atoms with Gasteiger partial charge in [-0.2, -0.15) is 0 Å². The number of imidazole rings is 1. The number of nitrogens with one attached hydrogen (secondary N) is 1. The molecule has 0 spiro atoms. The van der Waals surface area contributed by atoms with Gasteiger partial charge in [-0.15, -0.1) is 6.58 Å². The van der Waals surface area contributed by atoms with Crippen molar-refractivity contribution in [3.8, 4) is 0 Å². The van der Waals surface area contributed by atoms with Gasteiger partial charge < -0.3 is 9.72 Å². The molecule has 1 aromatic carbocycles. The number of hydrogen-bond donors (Lipinski definition) is 1. The Labute approximate surface area is 138 Å². The van der Waals surface area contributed by atoms with Crippen LogP contribution in [0.2, 0.25) is 0 Å². The number of anilines is 1. The standard InChI is InChI=1S/C18H18BrN3/c1-4-16(14-8-6-5-7-9-14)21-17-10-15(19)11-22-13(3)12(2)20-18(17)22/h4-11,16,21H,1H2,2-3H3. The fraction of sp³-hybridized carbons (Fsp3) is 0.167. The topological polar surface area (TPSA) is 29.3 Å². The van der Waals surface area contributed by atoms with Crippen molar-refractivity contribution >= 4 is 27.3 Å². The zero-order valence-corrected chi connectivity index (χ0v) is 14.3. The Morgan fingerprint density at radius 1 is 1.27 bits per heavy atom. The normalized spacial score (nSPS) is 12.3. The van der Waals surface area contributed by atoms with Crippen LogP contribution in [0.3, 0.4) is 0 Å². The van der Waals surface area contributed by atoms with Crippen molar-refractivity contribution in [2.75, 3.05) is 5.32 Å². The van der Waals surface area contributed by atoms with Gasteiger partial charge >= 0.3 is 0 Å². The Bertz CT molecular complexity index is 821. The lowest BCUT2D eigenvalue weighted by molar-refractivity contribution is 0.981. The van der Waals surface area contributed by atoms with Gasteiger partial charge in [0.2, 0.25) is 0 Å². The summed E-state index contributed by atoms with van der Waals surface area (Å²) in [6.07, 6.45) is 3.96. The predicted octanol–water partition coefficient (Wildman–Crippen LogP) is 5.05. The minimum atomic E-state index is 0.0385. The molecule has 0 fully saturated rings. The van der Waals surface area contributed by atoms with E-state index in [9.17, 15) is 0 Å². The van der Waals surface area contributed by atoms with Crippen molar-refractivity contribution < 1.29 is 0 Å². The average Bonchev–Trinajstić information content (AvgIpc) is 2.81. The summed E-state index contributed by atoms with van der Waals surface area (Å²) < 4.78 is 3.12. The summed E-state index contributed by atoms with van der Waals surface area (Å²) in [6.45, 7) is 8.06. The van der Waals surface area contributed by atoms with Crippen molar-refractivity contribution in [1.82, 2.24) is 9.38 Å². The van der Waals surface area contributed by atoms with Crippen molar-refractivity contribution in [3.63, 3.8) is 0 Å².